The Bertz CT molecular complexity index is 854. The van der Waals surface area contributed by atoms with Crippen molar-refractivity contribution in [2.45, 2.75) is 18.9 Å². The molecule has 8 nitrogen and oxygen atoms in total. The maximum Gasteiger partial charge on any atom is 0.274 e. The maximum absolute atomic E-state index is 13.0. The van der Waals surface area contributed by atoms with Crippen molar-refractivity contribution >= 4 is 34.0 Å². The largest absolute Gasteiger partial charge is 0.495 e. The van der Waals surface area contributed by atoms with Crippen LogP contribution in [0.2, 0.25) is 0 Å². The standard InChI is InChI=1S/C20H27N5O3S/c1-24(2)12-10-21-18(26)16-8-6-11-25(16)19(27)15-13-29-20(23-15)22-14-7-4-5-9-17(14)28-3/h4-5,7,9,13,16H,6,8,10-12H2,1-3H3,(H,21,26)(H,22,23). The number of thiazole rings is 1. The van der Waals surface area contributed by atoms with Crippen LogP contribution in [0.15, 0.2) is 29.6 Å². The molecule has 1 unspecified atom stereocenters. The van der Waals surface area contributed by atoms with Gasteiger partial charge < -0.3 is 25.2 Å². The first kappa shape index (κ1) is 21.1. The highest BCUT2D eigenvalue weighted by Gasteiger charge is 2.35. The topological polar surface area (TPSA) is 86.8 Å². The number of hydrogen-bond acceptors (Lipinski definition) is 7. The van der Waals surface area contributed by atoms with Gasteiger partial charge >= 0.3 is 0 Å². The Morgan fingerprint density at radius 2 is 2.14 bits per heavy atom. The number of carbonyl (C=O) groups excluding carboxylic acids is 2. The van der Waals surface area contributed by atoms with Crippen molar-refractivity contribution in [1.82, 2.24) is 20.1 Å². The number of hydrogen-bond donors (Lipinski definition) is 2. The molecule has 1 aromatic carbocycles. The zero-order chi connectivity index (χ0) is 20.8. The van der Waals surface area contributed by atoms with Gasteiger partial charge in [-0.05, 0) is 39.1 Å². The Hall–Kier alpha value is -2.65. The molecule has 1 saturated heterocycles. The van der Waals surface area contributed by atoms with Crippen LogP contribution in [0.1, 0.15) is 23.3 Å². The van der Waals surface area contributed by atoms with Gasteiger partial charge in [-0.25, -0.2) is 4.98 Å². The molecule has 2 amide bonds. The first-order valence-corrected chi connectivity index (χ1v) is 10.5. The summed E-state index contributed by atoms with van der Waals surface area (Å²) in [5, 5.41) is 8.44. The number of benzene rings is 1. The second-order valence-electron chi connectivity index (χ2n) is 7.11. The summed E-state index contributed by atoms with van der Waals surface area (Å²) in [6.45, 7) is 1.89. The SMILES string of the molecule is COc1ccccc1Nc1nc(C(=O)N2CCCC2C(=O)NCCN(C)C)cs1. The Morgan fingerprint density at radius 1 is 1.34 bits per heavy atom. The summed E-state index contributed by atoms with van der Waals surface area (Å²) in [5.74, 6) is 0.393. The predicted molar refractivity (Wildman–Crippen MR) is 114 cm³/mol. The number of para-hydroxylation sites is 2. The lowest BCUT2D eigenvalue weighted by Gasteiger charge is -2.23. The quantitative estimate of drug-likeness (QED) is 0.685. The Balaban J connectivity index is 1.65. The van der Waals surface area contributed by atoms with E-state index in [0.29, 0.717) is 36.1 Å². The molecule has 0 spiro atoms. The molecule has 0 saturated carbocycles. The number of likely N-dealkylation sites (N-methyl/N-ethyl adjacent to an activating group) is 1. The van der Waals surface area contributed by atoms with E-state index < -0.39 is 6.04 Å². The molecule has 2 aromatic rings. The molecule has 1 atom stereocenters. The molecule has 3 rings (SSSR count). The number of amides is 2. The van der Waals surface area contributed by atoms with E-state index in [0.717, 1.165) is 18.7 Å². The van der Waals surface area contributed by atoms with Crippen LogP contribution in [-0.4, -0.2) is 73.5 Å². The third-order valence-corrected chi connectivity index (χ3v) is 5.50. The molecular formula is C20H27N5O3S. The third-order valence-electron chi connectivity index (χ3n) is 4.75. The molecule has 9 heteroatoms. The molecular weight excluding hydrogens is 390 g/mol. The predicted octanol–water partition coefficient (Wildman–Crippen LogP) is 2.18. The van der Waals surface area contributed by atoms with E-state index in [9.17, 15) is 9.59 Å². The van der Waals surface area contributed by atoms with E-state index in [1.54, 1.807) is 17.4 Å². The van der Waals surface area contributed by atoms with Crippen molar-refractivity contribution in [3.8, 4) is 5.75 Å². The fourth-order valence-corrected chi connectivity index (χ4v) is 3.94. The molecule has 2 N–H and O–H groups in total. The van der Waals surface area contributed by atoms with Gasteiger partial charge in [0.05, 0.1) is 12.8 Å². The second kappa shape index (κ2) is 9.71. The van der Waals surface area contributed by atoms with Gasteiger partial charge in [0.2, 0.25) is 5.91 Å². The van der Waals surface area contributed by atoms with Crippen molar-refractivity contribution in [1.29, 1.82) is 0 Å². The van der Waals surface area contributed by atoms with Crippen molar-refractivity contribution in [2.24, 2.45) is 0 Å². The van der Waals surface area contributed by atoms with Crippen LogP contribution >= 0.6 is 11.3 Å². The minimum atomic E-state index is -0.433. The average molecular weight is 418 g/mol. The van der Waals surface area contributed by atoms with Crippen LogP contribution in [0.3, 0.4) is 0 Å². The number of likely N-dealkylation sites (tertiary alicyclic amines) is 1. The lowest BCUT2D eigenvalue weighted by molar-refractivity contribution is -0.124. The summed E-state index contributed by atoms with van der Waals surface area (Å²) in [6.07, 6.45) is 1.49. The van der Waals surface area contributed by atoms with Crippen molar-refractivity contribution in [3.05, 3.63) is 35.3 Å². The summed E-state index contributed by atoms with van der Waals surface area (Å²) in [6, 6.07) is 7.09. The monoisotopic (exact) mass is 417 g/mol. The minimum absolute atomic E-state index is 0.0969. The molecule has 2 heterocycles. The highest BCUT2D eigenvalue weighted by molar-refractivity contribution is 7.14. The first-order chi connectivity index (χ1) is 14.0. The van der Waals surface area contributed by atoms with Gasteiger partial charge in [-0.2, -0.15) is 0 Å². The van der Waals surface area contributed by atoms with Crippen LogP contribution in [0.25, 0.3) is 0 Å². The van der Waals surface area contributed by atoms with E-state index in [1.165, 1.54) is 11.3 Å². The molecule has 1 aromatic heterocycles. The smallest absolute Gasteiger partial charge is 0.274 e. The molecule has 0 radical (unpaired) electrons. The highest BCUT2D eigenvalue weighted by atomic mass is 32.1. The lowest BCUT2D eigenvalue weighted by atomic mass is 10.2. The van der Waals surface area contributed by atoms with E-state index >= 15 is 0 Å². The Labute approximate surface area is 174 Å². The van der Waals surface area contributed by atoms with Crippen LogP contribution in [-0.2, 0) is 4.79 Å². The first-order valence-electron chi connectivity index (χ1n) is 9.58. The number of anilines is 2. The summed E-state index contributed by atoms with van der Waals surface area (Å²) >= 11 is 1.35. The van der Waals surface area contributed by atoms with E-state index in [4.69, 9.17) is 4.74 Å². The number of aromatic nitrogens is 1. The number of carbonyl (C=O) groups is 2. The van der Waals surface area contributed by atoms with Crippen LogP contribution in [0.5, 0.6) is 5.75 Å². The molecule has 1 fully saturated rings. The van der Waals surface area contributed by atoms with Crippen molar-refractivity contribution in [2.75, 3.05) is 46.2 Å². The zero-order valence-corrected chi connectivity index (χ0v) is 17.8. The van der Waals surface area contributed by atoms with Gasteiger partial charge in [-0.1, -0.05) is 12.1 Å². The fourth-order valence-electron chi connectivity index (χ4n) is 3.24. The van der Waals surface area contributed by atoms with Crippen molar-refractivity contribution < 1.29 is 14.3 Å². The normalized spacial score (nSPS) is 16.1. The van der Waals surface area contributed by atoms with E-state index in [1.807, 2.05) is 43.3 Å². The van der Waals surface area contributed by atoms with Gasteiger partial charge in [0, 0.05) is 25.0 Å². The number of nitrogens with one attached hydrogen (secondary N) is 2. The molecule has 29 heavy (non-hydrogen) atoms. The van der Waals surface area contributed by atoms with Gasteiger partial charge in [0.1, 0.15) is 17.5 Å². The van der Waals surface area contributed by atoms with Gasteiger partial charge in [-0.15, -0.1) is 11.3 Å². The van der Waals surface area contributed by atoms with Crippen LogP contribution in [0, 0.1) is 0 Å². The molecule has 156 valence electrons. The molecule has 0 aliphatic carbocycles. The van der Waals surface area contributed by atoms with Crippen LogP contribution in [0.4, 0.5) is 10.8 Å². The fraction of sp³-hybridized carbons (Fsp3) is 0.450. The van der Waals surface area contributed by atoms with E-state index in [2.05, 4.69) is 15.6 Å². The van der Waals surface area contributed by atoms with Gasteiger partial charge in [0.15, 0.2) is 5.13 Å². The average Bonchev–Trinajstić information content (AvgIpc) is 3.37. The number of methoxy groups -OCH3 is 1. The summed E-state index contributed by atoms with van der Waals surface area (Å²) in [7, 11) is 5.52. The maximum atomic E-state index is 13.0. The second-order valence-corrected chi connectivity index (χ2v) is 7.97. The lowest BCUT2D eigenvalue weighted by Crippen LogP contribution is -2.47. The van der Waals surface area contributed by atoms with Gasteiger partial charge in [0.25, 0.3) is 5.91 Å². The molecule has 1 aliphatic heterocycles. The highest BCUT2D eigenvalue weighted by Crippen LogP contribution is 2.29. The molecule has 0 bridgehead atoms. The van der Waals surface area contributed by atoms with Gasteiger partial charge in [-0.3, -0.25) is 9.59 Å². The number of nitrogens with zero attached hydrogens (tertiary/aromatic N) is 3. The van der Waals surface area contributed by atoms with Crippen LogP contribution < -0.4 is 15.4 Å². The van der Waals surface area contributed by atoms with Crippen molar-refractivity contribution in [3.63, 3.8) is 0 Å². The Kier molecular flexibility index (Phi) is 7.05. The summed E-state index contributed by atoms with van der Waals surface area (Å²) in [4.78, 5) is 33.5. The molecule has 1 aliphatic rings. The summed E-state index contributed by atoms with van der Waals surface area (Å²) in [5.41, 5.74) is 1.13. The minimum Gasteiger partial charge on any atom is -0.495 e. The Morgan fingerprint density at radius 3 is 2.90 bits per heavy atom. The zero-order valence-electron chi connectivity index (χ0n) is 17.0. The summed E-state index contributed by atoms with van der Waals surface area (Å²) < 4.78 is 5.33. The number of ether oxygens (including phenoxy) is 1. The number of rotatable bonds is 8. The third kappa shape index (κ3) is 5.24. The van der Waals surface area contributed by atoms with E-state index in [-0.39, 0.29) is 11.8 Å².